The normalized spacial score (nSPS) is 12.8. The number of rotatable bonds is 14. The van der Waals surface area contributed by atoms with Crippen molar-refractivity contribution in [2.24, 2.45) is 11.5 Å². The van der Waals surface area contributed by atoms with Gasteiger partial charge in [0.05, 0.1) is 16.4 Å². The number of nitrogens with two attached hydrogens (primary N) is 2. The van der Waals surface area contributed by atoms with E-state index in [4.69, 9.17) is 28.5 Å². The van der Waals surface area contributed by atoms with Gasteiger partial charge in [-0.05, 0) is 87.5 Å². The summed E-state index contributed by atoms with van der Waals surface area (Å²) >= 11 is 6.24. The molecular weight excluding hydrogens is 567 g/mol. The van der Waals surface area contributed by atoms with Gasteiger partial charge in [-0.25, -0.2) is 9.18 Å². The van der Waals surface area contributed by atoms with E-state index in [2.05, 4.69) is 28.8 Å². The SMILES string of the molecule is C=CCN(CCCN[C@@H](C)c1ccc(-n2cc3cc(-c4cc(CCC[C@H](C)N)cc(Cl)c4F)[nH]c3nc2=O)cc1)C(=N)N. The van der Waals surface area contributed by atoms with Gasteiger partial charge in [-0.2, -0.15) is 4.98 Å². The van der Waals surface area contributed by atoms with Crippen LogP contribution in [-0.4, -0.2) is 51.1 Å². The highest BCUT2D eigenvalue weighted by atomic mass is 35.5. The summed E-state index contributed by atoms with van der Waals surface area (Å²) in [4.78, 5) is 22.0. The Bertz CT molecular complexity index is 1630. The zero-order valence-corrected chi connectivity index (χ0v) is 25.4. The van der Waals surface area contributed by atoms with Crippen molar-refractivity contribution < 1.29 is 4.39 Å². The number of aromatic nitrogens is 3. The van der Waals surface area contributed by atoms with Gasteiger partial charge in [-0.1, -0.05) is 29.8 Å². The van der Waals surface area contributed by atoms with E-state index in [9.17, 15) is 4.79 Å². The number of H-pyrrole nitrogens is 1. The van der Waals surface area contributed by atoms with Crippen molar-refractivity contribution in [1.82, 2.24) is 24.8 Å². The largest absolute Gasteiger partial charge is 0.370 e. The van der Waals surface area contributed by atoms with Gasteiger partial charge < -0.3 is 26.7 Å². The number of halogens is 2. The molecular formula is C32H40ClFN8O. The average Bonchev–Trinajstić information content (AvgIpc) is 3.38. The van der Waals surface area contributed by atoms with Gasteiger partial charge in [0, 0.05) is 42.3 Å². The first-order valence-corrected chi connectivity index (χ1v) is 14.8. The standard InChI is InChI=1S/C32H40ClFN8O/c1-4-14-41(31(36)37)15-6-13-38-21(3)23-9-11-25(12-10-23)42-19-24-18-28(39-30(24)40-32(42)43)26-16-22(8-5-7-20(2)35)17-27(33)29(26)34/h4,9-12,16-21,38H,1,5-8,13-15,35H2,2-3H3,(H3,36,37)(H,39,40,43)/t20-,21-/m0/s1. The fourth-order valence-electron chi connectivity index (χ4n) is 5.03. The predicted molar refractivity (Wildman–Crippen MR) is 173 cm³/mol. The fourth-order valence-corrected chi connectivity index (χ4v) is 5.28. The molecule has 4 rings (SSSR count). The number of hydrogen-bond acceptors (Lipinski definition) is 5. The van der Waals surface area contributed by atoms with Gasteiger partial charge in [0.15, 0.2) is 11.8 Å². The van der Waals surface area contributed by atoms with E-state index in [1.54, 1.807) is 35.4 Å². The number of guanidine groups is 1. The molecule has 2 aromatic heterocycles. The number of nitrogens with one attached hydrogen (secondary N) is 3. The Morgan fingerprint density at radius 3 is 2.67 bits per heavy atom. The van der Waals surface area contributed by atoms with Gasteiger partial charge in [0.1, 0.15) is 5.65 Å². The van der Waals surface area contributed by atoms with Crippen molar-refractivity contribution in [3.8, 4) is 16.9 Å². The van der Waals surface area contributed by atoms with Crippen LogP contribution in [0.3, 0.4) is 0 Å². The second-order valence-corrected chi connectivity index (χ2v) is 11.3. The van der Waals surface area contributed by atoms with E-state index in [1.165, 1.54) is 4.57 Å². The maximum atomic E-state index is 15.1. The summed E-state index contributed by atoms with van der Waals surface area (Å²) in [7, 11) is 0. The highest BCUT2D eigenvalue weighted by molar-refractivity contribution is 6.31. The Kier molecular flexibility index (Phi) is 10.7. The van der Waals surface area contributed by atoms with E-state index < -0.39 is 11.5 Å². The molecule has 0 radical (unpaired) electrons. The quantitative estimate of drug-likeness (QED) is 0.0573. The van der Waals surface area contributed by atoms with Gasteiger partial charge >= 0.3 is 5.69 Å². The van der Waals surface area contributed by atoms with Crippen LogP contribution in [0.5, 0.6) is 0 Å². The maximum absolute atomic E-state index is 15.1. The fraction of sp³-hybridized carbons (Fsp3) is 0.344. The minimum absolute atomic E-state index is 0.0388. The lowest BCUT2D eigenvalue weighted by atomic mass is 10.0. The molecule has 0 spiro atoms. The smallest absolute Gasteiger partial charge is 0.354 e. The van der Waals surface area contributed by atoms with Gasteiger partial charge in [-0.15, -0.1) is 6.58 Å². The number of fused-ring (bicyclic) bond motifs is 1. The molecule has 11 heteroatoms. The maximum Gasteiger partial charge on any atom is 0.354 e. The molecule has 43 heavy (non-hydrogen) atoms. The van der Waals surface area contributed by atoms with Crippen LogP contribution < -0.4 is 22.5 Å². The van der Waals surface area contributed by atoms with E-state index >= 15 is 4.39 Å². The van der Waals surface area contributed by atoms with Crippen LogP contribution in [-0.2, 0) is 6.42 Å². The van der Waals surface area contributed by atoms with Gasteiger partial charge in [0.2, 0.25) is 0 Å². The second-order valence-electron chi connectivity index (χ2n) is 10.9. The number of nitrogens with zero attached hydrogens (tertiary/aromatic N) is 3. The van der Waals surface area contributed by atoms with Crippen molar-refractivity contribution in [1.29, 1.82) is 5.41 Å². The number of aromatic amines is 1. The van der Waals surface area contributed by atoms with Gasteiger partial charge in [-0.3, -0.25) is 9.98 Å². The Morgan fingerprint density at radius 1 is 1.26 bits per heavy atom. The summed E-state index contributed by atoms with van der Waals surface area (Å²) in [5.41, 5.74) is 14.9. The first kappa shape index (κ1) is 31.9. The lowest BCUT2D eigenvalue weighted by Gasteiger charge is -2.21. The van der Waals surface area contributed by atoms with Crippen molar-refractivity contribution in [3.05, 3.63) is 93.8 Å². The summed E-state index contributed by atoms with van der Waals surface area (Å²) in [6.45, 7) is 9.70. The lowest BCUT2D eigenvalue weighted by Crippen LogP contribution is -2.38. The molecule has 2 heterocycles. The molecule has 0 unspecified atom stereocenters. The third kappa shape index (κ3) is 8.10. The number of benzene rings is 2. The zero-order chi connectivity index (χ0) is 31.1. The van der Waals surface area contributed by atoms with Crippen LogP contribution in [0.25, 0.3) is 28.0 Å². The van der Waals surface area contributed by atoms with Crippen LogP contribution in [0.2, 0.25) is 5.02 Å². The Labute approximate surface area is 256 Å². The lowest BCUT2D eigenvalue weighted by molar-refractivity contribution is 0.425. The highest BCUT2D eigenvalue weighted by Gasteiger charge is 2.16. The predicted octanol–water partition coefficient (Wildman–Crippen LogP) is 5.27. The Balaban J connectivity index is 1.48. The third-order valence-corrected chi connectivity index (χ3v) is 7.70. The Morgan fingerprint density at radius 2 is 2.00 bits per heavy atom. The molecule has 0 bridgehead atoms. The summed E-state index contributed by atoms with van der Waals surface area (Å²) < 4.78 is 16.6. The summed E-state index contributed by atoms with van der Waals surface area (Å²) in [5, 5.41) is 11.8. The van der Waals surface area contributed by atoms with Crippen LogP contribution in [0, 0.1) is 11.2 Å². The molecule has 0 saturated carbocycles. The molecule has 0 amide bonds. The molecule has 9 nitrogen and oxygen atoms in total. The summed E-state index contributed by atoms with van der Waals surface area (Å²) in [6, 6.07) is 13.1. The minimum atomic E-state index is -0.523. The first-order chi connectivity index (χ1) is 20.6. The zero-order valence-electron chi connectivity index (χ0n) is 24.7. The number of hydrogen-bond donors (Lipinski definition) is 5. The third-order valence-electron chi connectivity index (χ3n) is 7.43. The summed E-state index contributed by atoms with van der Waals surface area (Å²) in [5.74, 6) is -0.484. The molecule has 0 aliphatic carbocycles. The van der Waals surface area contributed by atoms with Crippen LogP contribution in [0.15, 0.2) is 66.1 Å². The molecule has 0 saturated heterocycles. The van der Waals surface area contributed by atoms with E-state index in [1.807, 2.05) is 31.2 Å². The first-order valence-electron chi connectivity index (χ1n) is 14.5. The van der Waals surface area contributed by atoms with Crippen molar-refractivity contribution in [2.45, 2.75) is 51.6 Å². The number of aryl methyl sites for hydroxylation is 1. The average molecular weight is 607 g/mol. The highest BCUT2D eigenvalue weighted by Crippen LogP contribution is 2.31. The van der Waals surface area contributed by atoms with Crippen LogP contribution in [0.1, 0.15) is 50.3 Å². The topological polar surface area (TPSA) is 142 Å². The molecule has 2 aromatic carbocycles. The van der Waals surface area contributed by atoms with E-state index in [0.29, 0.717) is 41.1 Å². The summed E-state index contributed by atoms with van der Waals surface area (Å²) in [6.07, 6.45) is 6.72. The molecule has 7 N–H and O–H groups in total. The molecule has 2 atom stereocenters. The van der Waals surface area contributed by atoms with Crippen molar-refractivity contribution in [3.63, 3.8) is 0 Å². The van der Waals surface area contributed by atoms with E-state index in [0.717, 1.165) is 43.4 Å². The molecule has 0 fully saturated rings. The minimum Gasteiger partial charge on any atom is -0.370 e. The van der Waals surface area contributed by atoms with E-state index in [-0.39, 0.29) is 23.1 Å². The molecule has 0 aliphatic heterocycles. The van der Waals surface area contributed by atoms with Crippen LogP contribution >= 0.6 is 11.6 Å². The monoisotopic (exact) mass is 606 g/mol. The molecule has 228 valence electrons. The molecule has 4 aromatic rings. The second kappa shape index (κ2) is 14.5. The van der Waals surface area contributed by atoms with Crippen molar-refractivity contribution in [2.75, 3.05) is 19.6 Å². The Hall–Kier alpha value is -3.99. The van der Waals surface area contributed by atoms with Crippen molar-refractivity contribution >= 4 is 28.6 Å². The van der Waals surface area contributed by atoms with Crippen LogP contribution in [0.4, 0.5) is 4.39 Å². The molecule has 0 aliphatic rings. The van der Waals surface area contributed by atoms with Gasteiger partial charge in [0.25, 0.3) is 0 Å².